The zero-order chi connectivity index (χ0) is 9.52. The maximum atomic E-state index is 3.42. The molecule has 0 spiro atoms. The minimum Gasteiger partial charge on any atom is -0.317 e. The number of nitrogens with one attached hydrogen (secondary N) is 1. The van der Waals surface area contributed by atoms with E-state index in [2.05, 4.69) is 30.9 Å². The van der Waals surface area contributed by atoms with Crippen LogP contribution in [0.25, 0.3) is 0 Å². The molecule has 1 fully saturated rings. The Hall–Kier alpha value is 0.310. The van der Waals surface area contributed by atoms with Gasteiger partial charge in [0.2, 0.25) is 0 Å². The van der Waals surface area contributed by atoms with E-state index in [4.69, 9.17) is 0 Å². The normalized spacial score (nSPS) is 21.7. The summed E-state index contributed by atoms with van der Waals surface area (Å²) in [5.41, 5.74) is 0. The topological polar surface area (TPSA) is 12.0 Å². The van der Waals surface area contributed by atoms with Gasteiger partial charge in [0.1, 0.15) is 0 Å². The van der Waals surface area contributed by atoms with Gasteiger partial charge in [0.05, 0.1) is 0 Å². The molecule has 0 bridgehead atoms. The maximum absolute atomic E-state index is 3.42. The molecule has 1 N–H and O–H groups in total. The lowest BCUT2D eigenvalue weighted by molar-refractivity contribution is 0.367. The first kappa shape index (κ1) is 11.4. The molecular formula is C11H23NS. The fourth-order valence-electron chi connectivity index (χ4n) is 1.72. The largest absolute Gasteiger partial charge is 0.317 e. The molecule has 0 aliphatic carbocycles. The lowest BCUT2D eigenvalue weighted by Gasteiger charge is -2.22. The van der Waals surface area contributed by atoms with Crippen LogP contribution >= 0.6 is 11.8 Å². The van der Waals surface area contributed by atoms with Gasteiger partial charge in [0.15, 0.2) is 0 Å². The Bertz CT molecular complexity index is 121. The molecule has 0 aromatic carbocycles. The van der Waals surface area contributed by atoms with E-state index < -0.39 is 0 Å². The molecule has 1 heterocycles. The summed E-state index contributed by atoms with van der Waals surface area (Å²) in [6.07, 6.45) is 5.57. The van der Waals surface area contributed by atoms with Crippen molar-refractivity contribution in [2.24, 2.45) is 5.92 Å². The summed E-state index contributed by atoms with van der Waals surface area (Å²) < 4.78 is 0. The SMILES string of the molecule is CCC(C)SCCC1CCNCC1. The summed E-state index contributed by atoms with van der Waals surface area (Å²) in [6.45, 7) is 7.12. The van der Waals surface area contributed by atoms with Gasteiger partial charge in [-0.3, -0.25) is 0 Å². The Morgan fingerprint density at radius 3 is 2.69 bits per heavy atom. The molecular weight excluding hydrogens is 178 g/mol. The summed E-state index contributed by atoms with van der Waals surface area (Å²) in [5, 5.41) is 4.28. The average molecular weight is 201 g/mol. The third-order valence-corrected chi connectivity index (χ3v) is 4.34. The standard InChI is InChI=1S/C11H23NS/c1-3-10(2)13-9-6-11-4-7-12-8-5-11/h10-12H,3-9H2,1-2H3. The first-order valence-corrected chi connectivity index (χ1v) is 6.70. The fraction of sp³-hybridized carbons (Fsp3) is 1.00. The zero-order valence-corrected chi connectivity index (χ0v) is 9.83. The predicted molar refractivity (Wildman–Crippen MR) is 62.4 cm³/mol. The molecule has 1 atom stereocenters. The van der Waals surface area contributed by atoms with Crippen molar-refractivity contribution < 1.29 is 0 Å². The third-order valence-electron chi connectivity index (χ3n) is 2.96. The van der Waals surface area contributed by atoms with Crippen molar-refractivity contribution in [2.45, 2.75) is 44.8 Å². The van der Waals surface area contributed by atoms with Crippen LogP contribution in [0.4, 0.5) is 0 Å². The molecule has 1 unspecified atom stereocenters. The molecule has 0 radical (unpaired) electrons. The molecule has 0 aromatic heterocycles. The van der Waals surface area contributed by atoms with E-state index >= 15 is 0 Å². The quantitative estimate of drug-likeness (QED) is 0.734. The van der Waals surface area contributed by atoms with Gasteiger partial charge >= 0.3 is 0 Å². The minimum atomic E-state index is 0.863. The van der Waals surface area contributed by atoms with E-state index in [-0.39, 0.29) is 0 Å². The fourth-order valence-corrected chi connectivity index (χ4v) is 2.83. The van der Waals surface area contributed by atoms with E-state index in [0.29, 0.717) is 0 Å². The number of rotatable bonds is 5. The Morgan fingerprint density at radius 1 is 1.38 bits per heavy atom. The van der Waals surface area contributed by atoms with E-state index in [0.717, 1.165) is 11.2 Å². The van der Waals surface area contributed by atoms with Crippen LogP contribution in [0.2, 0.25) is 0 Å². The highest BCUT2D eigenvalue weighted by Gasteiger charge is 2.12. The van der Waals surface area contributed by atoms with Crippen molar-refractivity contribution in [2.75, 3.05) is 18.8 Å². The molecule has 1 aliphatic heterocycles. The van der Waals surface area contributed by atoms with Gasteiger partial charge in [-0.25, -0.2) is 0 Å². The molecule has 0 saturated carbocycles. The van der Waals surface area contributed by atoms with E-state index in [1.807, 2.05) is 0 Å². The van der Waals surface area contributed by atoms with Crippen molar-refractivity contribution in [3.8, 4) is 0 Å². The number of hydrogen-bond donors (Lipinski definition) is 1. The number of piperidine rings is 1. The first-order chi connectivity index (χ1) is 6.33. The Balaban J connectivity index is 1.98. The highest BCUT2D eigenvalue weighted by molar-refractivity contribution is 7.99. The van der Waals surface area contributed by atoms with Gasteiger partial charge in [-0.05, 0) is 50.4 Å². The molecule has 1 aliphatic rings. The van der Waals surface area contributed by atoms with Crippen LogP contribution in [-0.4, -0.2) is 24.1 Å². The van der Waals surface area contributed by atoms with E-state index in [1.165, 1.54) is 44.5 Å². The van der Waals surface area contributed by atoms with Gasteiger partial charge in [-0.15, -0.1) is 0 Å². The lowest BCUT2D eigenvalue weighted by atomic mass is 9.96. The van der Waals surface area contributed by atoms with Crippen molar-refractivity contribution >= 4 is 11.8 Å². The second-order valence-electron chi connectivity index (χ2n) is 4.07. The monoisotopic (exact) mass is 201 g/mol. The van der Waals surface area contributed by atoms with Crippen molar-refractivity contribution in [1.29, 1.82) is 0 Å². The lowest BCUT2D eigenvalue weighted by Crippen LogP contribution is -2.28. The molecule has 1 rings (SSSR count). The molecule has 2 heteroatoms. The maximum Gasteiger partial charge on any atom is 0.00160 e. The summed E-state index contributed by atoms with van der Waals surface area (Å²) in [7, 11) is 0. The van der Waals surface area contributed by atoms with Gasteiger partial charge in [-0.2, -0.15) is 11.8 Å². The van der Waals surface area contributed by atoms with Crippen molar-refractivity contribution in [1.82, 2.24) is 5.32 Å². The van der Waals surface area contributed by atoms with Gasteiger partial charge in [0, 0.05) is 5.25 Å². The highest BCUT2D eigenvalue weighted by Crippen LogP contribution is 2.21. The first-order valence-electron chi connectivity index (χ1n) is 5.65. The Morgan fingerprint density at radius 2 is 2.08 bits per heavy atom. The zero-order valence-electron chi connectivity index (χ0n) is 9.01. The third kappa shape index (κ3) is 4.92. The molecule has 1 saturated heterocycles. The van der Waals surface area contributed by atoms with E-state index in [9.17, 15) is 0 Å². The molecule has 1 nitrogen and oxygen atoms in total. The van der Waals surface area contributed by atoms with Crippen LogP contribution in [-0.2, 0) is 0 Å². The van der Waals surface area contributed by atoms with Crippen LogP contribution in [0.5, 0.6) is 0 Å². The second-order valence-corrected chi connectivity index (χ2v) is 5.62. The Labute approximate surface area is 87.1 Å². The molecule has 13 heavy (non-hydrogen) atoms. The van der Waals surface area contributed by atoms with Gasteiger partial charge < -0.3 is 5.32 Å². The van der Waals surface area contributed by atoms with E-state index in [1.54, 1.807) is 0 Å². The van der Waals surface area contributed by atoms with Gasteiger partial charge in [0.25, 0.3) is 0 Å². The van der Waals surface area contributed by atoms with Crippen molar-refractivity contribution in [3.63, 3.8) is 0 Å². The summed E-state index contributed by atoms with van der Waals surface area (Å²) in [4.78, 5) is 0. The average Bonchev–Trinajstić information content (AvgIpc) is 2.19. The number of hydrogen-bond acceptors (Lipinski definition) is 2. The smallest absolute Gasteiger partial charge is 0.00160 e. The van der Waals surface area contributed by atoms with Gasteiger partial charge in [-0.1, -0.05) is 13.8 Å². The summed E-state index contributed by atoms with van der Waals surface area (Å²) in [5.74, 6) is 2.39. The second kappa shape index (κ2) is 6.72. The van der Waals surface area contributed by atoms with Crippen LogP contribution in [0.3, 0.4) is 0 Å². The summed E-state index contributed by atoms with van der Waals surface area (Å²) >= 11 is 2.15. The summed E-state index contributed by atoms with van der Waals surface area (Å²) in [6, 6.07) is 0. The highest BCUT2D eigenvalue weighted by atomic mass is 32.2. The number of thioether (sulfide) groups is 1. The van der Waals surface area contributed by atoms with Crippen LogP contribution < -0.4 is 5.32 Å². The van der Waals surface area contributed by atoms with Crippen LogP contribution in [0.15, 0.2) is 0 Å². The Kier molecular flexibility index (Phi) is 5.88. The van der Waals surface area contributed by atoms with Crippen LogP contribution in [0, 0.1) is 5.92 Å². The molecule has 0 aromatic rings. The predicted octanol–water partition coefficient (Wildman–Crippen LogP) is 2.91. The van der Waals surface area contributed by atoms with Crippen LogP contribution in [0.1, 0.15) is 39.5 Å². The minimum absolute atomic E-state index is 0.863. The van der Waals surface area contributed by atoms with Crippen molar-refractivity contribution in [3.05, 3.63) is 0 Å². The molecule has 78 valence electrons. The molecule has 0 amide bonds.